The van der Waals surface area contributed by atoms with E-state index in [0.717, 1.165) is 0 Å². The minimum Gasteiger partial charge on any atom is -0.453 e. The number of phosphoric ester groups is 1. The lowest BCUT2D eigenvalue weighted by molar-refractivity contribution is -0.125. The number of nitrogens with zero attached hydrogens (tertiary/aromatic N) is 1. The smallest absolute Gasteiger partial charge is 0.453 e. The second-order valence-corrected chi connectivity index (χ2v) is 14.8. The molecule has 0 spiro atoms. The van der Waals surface area contributed by atoms with Crippen LogP contribution in [0.1, 0.15) is 44.2 Å². The third-order valence-electron chi connectivity index (χ3n) is 7.73. The van der Waals surface area contributed by atoms with Crippen molar-refractivity contribution in [2.24, 2.45) is 5.92 Å². The zero-order valence-corrected chi connectivity index (χ0v) is 29.0. The first-order valence-electron chi connectivity index (χ1n) is 15.5. The van der Waals surface area contributed by atoms with E-state index in [1.807, 2.05) is 50.2 Å². The molecule has 0 saturated carbocycles. The number of carbonyl (C=O) groups is 2. The van der Waals surface area contributed by atoms with Crippen LogP contribution < -0.4 is 16.4 Å². The number of phosphoric acid groups is 1. The number of hydrogen-bond acceptors (Lipinski definition) is 8. The van der Waals surface area contributed by atoms with Crippen LogP contribution in [-0.2, 0) is 34.1 Å². The lowest BCUT2D eigenvalue weighted by atomic mass is 9.73. The van der Waals surface area contributed by atoms with Crippen LogP contribution in [0.2, 0.25) is 0 Å². The zero-order valence-electron chi connectivity index (χ0n) is 27.3. The predicted octanol–water partition coefficient (Wildman–Crippen LogP) is 4.02. The second kappa shape index (κ2) is 17.6. The highest BCUT2D eigenvalue weighted by atomic mass is 32.2. The fourth-order valence-electron chi connectivity index (χ4n) is 5.37. The summed E-state index contributed by atoms with van der Waals surface area (Å²) in [7, 11) is -7.77. The molecule has 0 saturated heterocycles. The van der Waals surface area contributed by atoms with Crippen molar-refractivity contribution in [1.82, 2.24) is 14.9 Å². The predicted molar refractivity (Wildman–Crippen MR) is 182 cm³/mol. The summed E-state index contributed by atoms with van der Waals surface area (Å²) in [5.41, 5.74) is 6.14. The van der Waals surface area contributed by atoms with Gasteiger partial charge in [-0.05, 0) is 54.2 Å². The van der Waals surface area contributed by atoms with Gasteiger partial charge in [-0.1, -0.05) is 80.9 Å². The summed E-state index contributed by atoms with van der Waals surface area (Å²) in [6.45, 7) is 3.31. The van der Waals surface area contributed by atoms with E-state index in [0.29, 0.717) is 29.7 Å². The van der Waals surface area contributed by atoms with Crippen LogP contribution in [0.3, 0.4) is 0 Å². The number of benzene rings is 3. The molecule has 15 heteroatoms. The molecule has 3 aromatic carbocycles. The number of anilines is 1. The Balaban J connectivity index is 1.83. The van der Waals surface area contributed by atoms with Crippen LogP contribution in [-0.4, -0.2) is 73.9 Å². The largest absolute Gasteiger partial charge is 0.469 e. The summed E-state index contributed by atoms with van der Waals surface area (Å²) in [4.78, 5) is 45.1. The normalized spacial score (nSPS) is 12.9. The molecule has 2 amide bonds. The van der Waals surface area contributed by atoms with Crippen molar-refractivity contribution in [1.29, 1.82) is 0 Å². The van der Waals surface area contributed by atoms with E-state index in [1.165, 1.54) is 35.7 Å². The number of ether oxygens (including phenoxy) is 1. The fourth-order valence-corrected chi connectivity index (χ4v) is 7.54. The van der Waals surface area contributed by atoms with Crippen LogP contribution in [0.5, 0.6) is 0 Å². The standard InChI is InChI=1S/C33H45N4O9PS/c1-25(2)22-37(48(43,44)30-19-17-28(34)18-20-30)29(23-46-47(40,41)42)16-10-11-21-35-31(38)33(24-36-32(39)45-3,26-12-6-4-7-13-26)27-14-8-5-9-15-27/h4-9,12-15,17-20,25,29H,10-11,16,21-24,34H2,1-3H3,(H,35,38)(H,36,39)(H2,40,41,42). The Hall–Kier alpha value is -3.78. The van der Waals surface area contributed by atoms with Gasteiger partial charge in [-0.2, -0.15) is 4.31 Å². The van der Waals surface area contributed by atoms with Gasteiger partial charge in [-0.15, -0.1) is 0 Å². The van der Waals surface area contributed by atoms with E-state index in [1.54, 1.807) is 24.3 Å². The van der Waals surface area contributed by atoms with Gasteiger partial charge in [-0.3, -0.25) is 9.32 Å². The highest BCUT2D eigenvalue weighted by molar-refractivity contribution is 7.89. The van der Waals surface area contributed by atoms with Crippen molar-refractivity contribution >= 4 is 35.5 Å². The van der Waals surface area contributed by atoms with Gasteiger partial charge in [0.1, 0.15) is 5.41 Å². The SMILES string of the molecule is COC(=O)NCC(C(=O)NCCCCC(COP(=O)(O)O)N(CC(C)C)S(=O)(=O)c1ccc(N)cc1)(c1ccccc1)c1ccccc1. The average molecular weight is 705 g/mol. The molecular formula is C33H45N4O9PS. The number of amides is 2. The molecule has 1 atom stereocenters. The van der Waals surface area contributed by atoms with Crippen molar-refractivity contribution in [2.75, 3.05) is 39.1 Å². The first-order valence-corrected chi connectivity index (χ1v) is 18.5. The second-order valence-electron chi connectivity index (χ2n) is 11.7. The lowest BCUT2D eigenvalue weighted by Crippen LogP contribution is -2.52. The molecule has 262 valence electrons. The molecule has 0 aliphatic carbocycles. The van der Waals surface area contributed by atoms with Gasteiger partial charge in [0.25, 0.3) is 0 Å². The highest BCUT2D eigenvalue weighted by Crippen LogP contribution is 2.37. The number of sulfonamides is 1. The molecule has 6 N–H and O–H groups in total. The third kappa shape index (κ3) is 10.6. The van der Waals surface area contributed by atoms with Gasteiger partial charge in [0.15, 0.2) is 0 Å². The topological polar surface area (TPSA) is 198 Å². The minimum atomic E-state index is -4.91. The van der Waals surface area contributed by atoms with Crippen LogP contribution in [0, 0.1) is 5.92 Å². The van der Waals surface area contributed by atoms with E-state index in [-0.39, 0.29) is 42.8 Å². The van der Waals surface area contributed by atoms with Gasteiger partial charge in [0, 0.05) is 31.4 Å². The van der Waals surface area contributed by atoms with E-state index in [4.69, 9.17) is 15.0 Å². The zero-order chi connectivity index (χ0) is 35.4. The van der Waals surface area contributed by atoms with Gasteiger partial charge >= 0.3 is 13.9 Å². The van der Waals surface area contributed by atoms with E-state index < -0.39 is 42.0 Å². The van der Waals surface area contributed by atoms with E-state index in [2.05, 4.69) is 10.6 Å². The van der Waals surface area contributed by atoms with Crippen LogP contribution in [0.15, 0.2) is 89.8 Å². The Morgan fingerprint density at radius 2 is 1.48 bits per heavy atom. The lowest BCUT2D eigenvalue weighted by Gasteiger charge is -2.34. The summed E-state index contributed by atoms with van der Waals surface area (Å²) in [5.74, 6) is -0.488. The molecule has 0 heterocycles. The Morgan fingerprint density at radius 1 is 0.917 bits per heavy atom. The van der Waals surface area contributed by atoms with Crippen LogP contribution in [0.25, 0.3) is 0 Å². The van der Waals surface area contributed by atoms with Crippen molar-refractivity contribution in [3.8, 4) is 0 Å². The molecule has 0 aliphatic rings. The Bertz CT molecular complexity index is 1580. The molecule has 3 aromatic rings. The molecule has 0 bridgehead atoms. The van der Waals surface area contributed by atoms with Crippen molar-refractivity contribution < 1.29 is 41.6 Å². The maximum Gasteiger partial charge on any atom is 0.469 e. The molecular weight excluding hydrogens is 659 g/mol. The average Bonchev–Trinajstić information content (AvgIpc) is 3.05. The van der Waals surface area contributed by atoms with Crippen molar-refractivity contribution in [3.63, 3.8) is 0 Å². The Morgan fingerprint density at radius 3 is 1.98 bits per heavy atom. The number of nitrogens with two attached hydrogens (primary N) is 1. The first kappa shape index (κ1) is 38.7. The maximum atomic E-state index is 14.1. The molecule has 0 aromatic heterocycles. The summed E-state index contributed by atoms with van der Waals surface area (Å²) in [6.07, 6.45) is 0.274. The highest BCUT2D eigenvalue weighted by Gasteiger charge is 2.42. The van der Waals surface area contributed by atoms with Gasteiger partial charge in [-0.25, -0.2) is 17.8 Å². The van der Waals surface area contributed by atoms with E-state index >= 15 is 0 Å². The molecule has 0 aliphatic heterocycles. The Labute approximate surface area is 282 Å². The first-order chi connectivity index (χ1) is 22.7. The number of nitrogens with one attached hydrogen (secondary N) is 2. The van der Waals surface area contributed by atoms with Gasteiger partial charge < -0.3 is 30.9 Å². The number of unbranched alkanes of at least 4 members (excludes halogenated alkanes) is 1. The summed E-state index contributed by atoms with van der Waals surface area (Å²) >= 11 is 0. The van der Waals surface area contributed by atoms with Gasteiger partial charge in [0.05, 0.1) is 18.6 Å². The van der Waals surface area contributed by atoms with Crippen molar-refractivity contribution in [2.45, 2.75) is 49.5 Å². The molecule has 3 rings (SSSR count). The molecule has 13 nitrogen and oxygen atoms in total. The summed E-state index contributed by atoms with van der Waals surface area (Å²) in [5, 5.41) is 5.67. The molecule has 1 unspecified atom stereocenters. The number of hydrogen-bond donors (Lipinski definition) is 5. The van der Waals surface area contributed by atoms with Crippen LogP contribution in [0.4, 0.5) is 10.5 Å². The summed E-state index contributed by atoms with van der Waals surface area (Å²) < 4.78 is 50.0. The minimum absolute atomic E-state index is 0.00970. The molecule has 0 radical (unpaired) electrons. The fraction of sp³-hybridized carbons (Fsp3) is 0.394. The number of rotatable bonds is 18. The summed E-state index contributed by atoms with van der Waals surface area (Å²) in [6, 6.07) is 22.9. The number of nitrogen functional groups attached to an aromatic ring is 1. The quantitative estimate of drug-likeness (QED) is 0.0733. The maximum absolute atomic E-state index is 14.1. The monoisotopic (exact) mass is 704 g/mol. The van der Waals surface area contributed by atoms with Crippen LogP contribution >= 0.6 is 7.82 Å². The molecule has 48 heavy (non-hydrogen) atoms. The number of carbonyl (C=O) groups excluding carboxylic acids is 2. The Kier molecular flexibility index (Phi) is 14.2. The number of methoxy groups -OCH3 is 1. The molecule has 0 fully saturated rings. The third-order valence-corrected chi connectivity index (χ3v) is 10.1. The van der Waals surface area contributed by atoms with E-state index in [9.17, 15) is 32.4 Å². The van der Waals surface area contributed by atoms with Crippen molar-refractivity contribution in [3.05, 3.63) is 96.1 Å². The number of alkyl carbamates (subject to hydrolysis) is 1. The van der Waals surface area contributed by atoms with Gasteiger partial charge in [0.2, 0.25) is 15.9 Å².